The molecule has 3 nitrogen and oxygen atoms in total. The number of nitrogens with zero attached hydrogens (tertiary/aromatic N) is 2. The highest BCUT2D eigenvalue weighted by atomic mass is 16.3. The molecule has 1 aromatic carbocycles. The Labute approximate surface area is 118 Å². The number of pyridine rings is 1. The SMILES string of the molecule is CCC(O)c1c(-c2ccccc2)nc2ccc(C)cn12. The number of rotatable bonds is 3. The fourth-order valence-electron chi connectivity index (χ4n) is 2.49. The molecule has 1 N–H and O–H groups in total. The lowest BCUT2D eigenvalue weighted by atomic mass is 10.1. The highest BCUT2D eigenvalue weighted by Gasteiger charge is 2.19. The van der Waals surface area contributed by atoms with Crippen LogP contribution in [0, 0.1) is 6.92 Å². The molecule has 0 fully saturated rings. The first-order valence-electron chi connectivity index (χ1n) is 6.92. The van der Waals surface area contributed by atoms with E-state index >= 15 is 0 Å². The molecule has 1 unspecified atom stereocenters. The second kappa shape index (κ2) is 5.10. The fraction of sp³-hybridized carbons (Fsp3) is 0.235. The Bertz CT molecular complexity index is 731. The van der Waals surface area contributed by atoms with Crippen molar-refractivity contribution in [1.29, 1.82) is 0 Å². The van der Waals surface area contributed by atoms with Crippen LogP contribution in [0.2, 0.25) is 0 Å². The van der Waals surface area contributed by atoms with Crippen molar-refractivity contribution in [1.82, 2.24) is 9.38 Å². The second-order valence-corrected chi connectivity index (χ2v) is 5.07. The molecule has 2 heterocycles. The van der Waals surface area contributed by atoms with Crippen LogP contribution in [-0.4, -0.2) is 14.5 Å². The van der Waals surface area contributed by atoms with Crippen LogP contribution in [0.15, 0.2) is 48.7 Å². The van der Waals surface area contributed by atoms with Crippen LogP contribution in [0.4, 0.5) is 0 Å². The molecule has 0 spiro atoms. The summed E-state index contributed by atoms with van der Waals surface area (Å²) >= 11 is 0. The van der Waals surface area contributed by atoms with E-state index in [4.69, 9.17) is 4.98 Å². The number of hydrogen-bond donors (Lipinski definition) is 1. The van der Waals surface area contributed by atoms with Gasteiger partial charge in [-0.15, -0.1) is 0 Å². The zero-order chi connectivity index (χ0) is 14.1. The molecular weight excluding hydrogens is 248 g/mol. The van der Waals surface area contributed by atoms with Crippen molar-refractivity contribution in [2.45, 2.75) is 26.4 Å². The summed E-state index contributed by atoms with van der Waals surface area (Å²) in [5, 5.41) is 10.4. The van der Waals surface area contributed by atoms with Crippen molar-refractivity contribution < 1.29 is 5.11 Å². The van der Waals surface area contributed by atoms with Crippen molar-refractivity contribution in [3.63, 3.8) is 0 Å². The van der Waals surface area contributed by atoms with Crippen LogP contribution in [0.25, 0.3) is 16.9 Å². The molecule has 0 saturated carbocycles. The molecule has 20 heavy (non-hydrogen) atoms. The topological polar surface area (TPSA) is 37.5 Å². The molecule has 0 amide bonds. The Morgan fingerprint density at radius 1 is 1.15 bits per heavy atom. The van der Waals surface area contributed by atoms with Crippen molar-refractivity contribution in [2.24, 2.45) is 0 Å². The molecule has 102 valence electrons. The molecule has 3 aromatic rings. The number of fused-ring (bicyclic) bond motifs is 1. The molecule has 0 aliphatic carbocycles. The zero-order valence-corrected chi connectivity index (χ0v) is 11.7. The number of aryl methyl sites for hydroxylation is 1. The predicted octanol–water partition coefficient (Wildman–Crippen LogP) is 3.75. The van der Waals surface area contributed by atoms with Crippen molar-refractivity contribution in [3.8, 4) is 11.3 Å². The van der Waals surface area contributed by atoms with Crippen LogP contribution in [0.5, 0.6) is 0 Å². The first kappa shape index (κ1) is 12.9. The highest BCUT2D eigenvalue weighted by Crippen LogP contribution is 2.30. The average molecular weight is 266 g/mol. The quantitative estimate of drug-likeness (QED) is 0.784. The first-order valence-corrected chi connectivity index (χ1v) is 6.92. The molecule has 1 atom stereocenters. The van der Waals surface area contributed by atoms with E-state index in [2.05, 4.69) is 0 Å². The molecule has 3 rings (SSSR count). The summed E-state index contributed by atoms with van der Waals surface area (Å²) in [5.74, 6) is 0. The maximum atomic E-state index is 10.4. The van der Waals surface area contributed by atoms with Gasteiger partial charge in [-0.25, -0.2) is 4.98 Å². The highest BCUT2D eigenvalue weighted by molar-refractivity contribution is 5.67. The van der Waals surface area contributed by atoms with Gasteiger partial charge >= 0.3 is 0 Å². The number of aliphatic hydroxyl groups is 1. The lowest BCUT2D eigenvalue weighted by Crippen LogP contribution is -2.02. The number of hydrogen-bond acceptors (Lipinski definition) is 2. The normalized spacial score (nSPS) is 12.8. The monoisotopic (exact) mass is 266 g/mol. The van der Waals surface area contributed by atoms with Crippen molar-refractivity contribution in [2.75, 3.05) is 0 Å². The standard InChI is InChI=1S/C17H18N2O/c1-3-14(20)17-16(13-7-5-4-6-8-13)18-15-10-9-12(2)11-19(15)17/h4-11,14,20H,3H2,1-2H3. The van der Waals surface area contributed by atoms with E-state index in [1.807, 2.05) is 66.9 Å². The third-order valence-corrected chi connectivity index (χ3v) is 3.55. The molecule has 0 radical (unpaired) electrons. The van der Waals surface area contributed by atoms with E-state index in [1.165, 1.54) is 0 Å². The third-order valence-electron chi connectivity index (χ3n) is 3.55. The van der Waals surface area contributed by atoms with Gasteiger partial charge in [0, 0.05) is 11.8 Å². The van der Waals surface area contributed by atoms with Crippen LogP contribution in [0.1, 0.15) is 30.7 Å². The van der Waals surface area contributed by atoms with Gasteiger partial charge in [0.05, 0.1) is 17.5 Å². The van der Waals surface area contributed by atoms with Gasteiger partial charge in [0.2, 0.25) is 0 Å². The van der Waals surface area contributed by atoms with Crippen molar-refractivity contribution in [3.05, 3.63) is 59.9 Å². The average Bonchev–Trinajstić information content (AvgIpc) is 2.86. The summed E-state index contributed by atoms with van der Waals surface area (Å²) in [6, 6.07) is 14.1. The van der Waals surface area contributed by atoms with Crippen LogP contribution in [0.3, 0.4) is 0 Å². The molecular formula is C17H18N2O. The van der Waals surface area contributed by atoms with Gasteiger partial charge in [-0.05, 0) is 25.0 Å². The molecule has 3 heteroatoms. The van der Waals surface area contributed by atoms with Crippen molar-refractivity contribution >= 4 is 5.65 Å². The van der Waals surface area contributed by atoms with E-state index in [1.54, 1.807) is 0 Å². The first-order chi connectivity index (χ1) is 9.70. The van der Waals surface area contributed by atoms with E-state index in [-0.39, 0.29) is 0 Å². The van der Waals surface area contributed by atoms with E-state index in [9.17, 15) is 5.11 Å². The largest absolute Gasteiger partial charge is 0.387 e. The fourth-order valence-corrected chi connectivity index (χ4v) is 2.49. The lowest BCUT2D eigenvalue weighted by Gasteiger charge is -2.11. The number of aromatic nitrogens is 2. The zero-order valence-electron chi connectivity index (χ0n) is 11.7. The van der Waals surface area contributed by atoms with Gasteiger partial charge in [0.25, 0.3) is 0 Å². The summed E-state index contributed by atoms with van der Waals surface area (Å²) in [6.45, 7) is 4.03. The van der Waals surface area contributed by atoms with Gasteiger partial charge in [-0.1, -0.05) is 43.3 Å². The van der Waals surface area contributed by atoms with Crippen LogP contribution in [-0.2, 0) is 0 Å². The Kier molecular flexibility index (Phi) is 3.28. The molecule has 0 bridgehead atoms. The van der Waals surface area contributed by atoms with Gasteiger partial charge in [-0.2, -0.15) is 0 Å². The molecule has 0 aliphatic rings. The second-order valence-electron chi connectivity index (χ2n) is 5.07. The Morgan fingerprint density at radius 3 is 2.60 bits per heavy atom. The van der Waals surface area contributed by atoms with Gasteiger partial charge < -0.3 is 9.51 Å². The van der Waals surface area contributed by atoms with E-state index in [0.29, 0.717) is 6.42 Å². The Hall–Kier alpha value is -2.13. The smallest absolute Gasteiger partial charge is 0.137 e. The summed E-state index contributed by atoms with van der Waals surface area (Å²) < 4.78 is 2.01. The summed E-state index contributed by atoms with van der Waals surface area (Å²) in [7, 11) is 0. The van der Waals surface area contributed by atoms with Gasteiger partial charge in [0.1, 0.15) is 5.65 Å². The minimum atomic E-state index is -0.512. The number of benzene rings is 1. The number of imidazole rings is 1. The van der Waals surface area contributed by atoms with E-state index in [0.717, 1.165) is 28.2 Å². The third kappa shape index (κ3) is 2.10. The van der Waals surface area contributed by atoms with Crippen LogP contribution >= 0.6 is 0 Å². The summed E-state index contributed by atoms with van der Waals surface area (Å²) in [4.78, 5) is 4.70. The van der Waals surface area contributed by atoms with Gasteiger partial charge in [-0.3, -0.25) is 0 Å². The Balaban J connectivity index is 2.31. The van der Waals surface area contributed by atoms with Crippen LogP contribution < -0.4 is 0 Å². The van der Waals surface area contributed by atoms with Gasteiger partial charge in [0.15, 0.2) is 0 Å². The minimum absolute atomic E-state index is 0.512. The minimum Gasteiger partial charge on any atom is -0.387 e. The molecule has 0 aliphatic heterocycles. The summed E-state index contributed by atoms with van der Waals surface area (Å²) in [6.07, 6.45) is 2.19. The number of aliphatic hydroxyl groups excluding tert-OH is 1. The maximum absolute atomic E-state index is 10.4. The molecule has 0 saturated heterocycles. The predicted molar refractivity (Wildman–Crippen MR) is 80.6 cm³/mol. The van der Waals surface area contributed by atoms with E-state index < -0.39 is 6.10 Å². The summed E-state index contributed by atoms with van der Waals surface area (Å²) in [5.41, 5.74) is 4.80. The molecule has 2 aromatic heterocycles. The Morgan fingerprint density at radius 2 is 1.90 bits per heavy atom. The lowest BCUT2D eigenvalue weighted by molar-refractivity contribution is 0.168. The maximum Gasteiger partial charge on any atom is 0.137 e.